The van der Waals surface area contributed by atoms with E-state index in [0.29, 0.717) is 13.1 Å². The summed E-state index contributed by atoms with van der Waals surface area (Å²) < 4.78 is 4.72. The van der Waals surface area contributed by atoms with Gasteiger partial charge >= 0.3 is 11.9 Å². The van der Waals surface area contributed by atoms with Crippen LogP contribution in [0.2, 0.25) is 0 Å². The molecular formula is C16H19NO5. The highest BCUT2D eigenvalue weighted by Crippen LogP contribution is 2.20. The van der Waals surface area contributed by atoms with Crippen LogP contribution in [0.1, 0.15) is 24.5 Å². The monoisotopic (exact) mass is 305 g/mol. The average molecular weight is 305 g/mol. The van der Waals surface area contributed by atoms with E-state index in [-0.39, 0.29) is 18.9 Å². The minimum absolute atomic E-state index is 0.0912. The Morgan fingerprint density at radius 2 is 1.95 bits per heavy atom. The van der Waals surface area contributed by atoms with Crippen molar-refractivity contribution < 1.29 is 24.2 Å². The molecule has 1 amide bonds. The average Bonchev–Trinajstić information content (AvgIpc) is 2.51. The third kappa shape index (κ3) is 3.63. The van der Waals surface area contributed by atoms with Gasteiger partial charge in [0.15, 0.2) is 5.92 Å². The number of carbonyl (C=O) groups is 3. The van der Waals surface area contributed by atoms with Crippen LogP contribution >= 0.6 is 0 Å². The molecule has 0 saturated carbocycles. The predicted molar refractivity (Wildman–Crippen MR) is 77.9 cm³/mol. The summed E-state index contributed by atoms with van der Waals surface area (Å²) in [5.74, 6) is -3.97. The highest BCUT2D eigenvalue weighted by molar-refractivity contribution is 5.98. The molecule has 1 aromatic rings. The number of rotatable bonds is 5. The number of carboxylic acids is 1. The number of nitrogens with zero attached hydrogens (tertiary/aromatic N) is 1. The number of amides is 1. The molecular weight excluding hydrogens is 286 g/mol. The molecule has 6 nitrogen and oxygen atoms in total. The van der Waals surface area contributed by atoms with E-state index in [0.717, 1.165) is 12.0 Å². The van der Waals surface area contributed by atoms with Crippen molar-refractivity contribution in [2.45, 2.75) is 26.3 Å². The first-order chi connectivity index (χ1) is 10.5. The zero-order chi connectivity index (χ0) is 16.1. The van der Waals surface area contributed by atoms with Crippen molar-refractivity contribution in [3.05, 3.63) is 35.4 Å². The molecule has 0 aromatic heterocycles. The van der Waals surface area contributed by atoms with Gasteiger partial charge in [-0.05, 0) is 24.5 Å². The molecule has 1 N–H and O–H groups in total. The Kier molecular flexibility index (Phi) is 5.14. The van der Waals surface area contributed by atoms with E-state index in [1.165, 1.54) is 5.56 Å². The molecule has 22 heavy (non-hydrogen) atoms. The summed E-state index contributed by atoms with van der Waals surface area (Å²) in [5, 5.41) is 9.10. The Morgan fingerprint density at radius 3 is 2.59 bits per heavy atom. The van der Waals surface area contributed by atoms with Crippen LogP contribution in [0.15, 0.2) is 24.3 Å². The molecule has 1 atom stereocenters. The lowest BCUT2D eigenvalue weighted by Gasteiger charge is -2.29. The van der Waals surface area contributed by atoms with Crippen molar-refractivity contribution in [1.29, 1.82) is 0 Å². The molecule has 1 aromatic carbocycles. The Balaban J connectivity index is 2.02. The van der Waals surface area contributed by atoms with E-state index < -0.39 is 17.9 Å². The molecule has 118 valence electrons. The molecule has 0 spiro atoms. The molecule has 2 rings (SSSR count). The van der Waals surface area contributed by atoms with Crippen LogP contribution in [0.5, 0.6) is 0 Å². The number of aliphatic carboxylic acids is 1. The van der Waals surface area contributed by atoms with Gasteiger partial charge in [-0.15, -0.1) is 0 Å². The number of benzene rings is 1. The lowest BCUT2D eigenvalue weighted by atomic mass is 9.98. The fourth-order valence-electron chi connectivity index (χ4n) is 2.53. The molecule has 1 heterocycles. The second-order valence-electron chi connectivity index (χ2n) is 5.18. The van der Waals surface area contributed by atoms with Gasteiger partial charge in [-0.3, -0.25) is 14.4 Å². The Hall–Kier alpha value is -2.37. The van der Waals surface area contributed by atoms with E-state index in [2.05, 4.69) is 0 Å². The van der Waals surface area contributed by atoms with E-state index in [1.807, 2.05) is 24.3 Å². The van der Waals surface area contributed by atoms with Crippen molar-refractivity contribution in [2.75, 3.05) is 13.2 Å². The number of ether oxygens (including phenoxy) is 1. The second kappa shape index (κ2) is 7.06. The molecule has 0 radical (unpaired) electrons. The number of hydrogen-bond acceptors (Lipinski definition) is 4. The van der Waals surface area contributed by atoms with Gasteiger partial charge in [0.2, 0.25) is 5.91 Å². The van der Waals surface area contributed by atoms with E-state index in [1.54, 1.807) is 11.8 Å². The topological polar surface area (TPSA) is 83.9 Å². The summed E-state index contributed by atoms with van der Waals surface area (Å²) in [7, 11) is 0. The number of fused-ring (bicyclic) bond motifs is 1. The zero-order valence-corrected chi connectivity index (χ0v) is 12.4. The van der Waals surface area contributed by atoms with Gasteiger partial charge in [0.25, 0.3) is 0 Å². The quantitative estimate of drug-likeness (QED) is 0.653. The van der Waals surface area contributed by atoms with Gasteiger partial charge in [-0.25, -0.2) is 0 Å². The Bertz CT molecular complexity index is 584. The second-order valence-corrected chi connectivity index (χ2v) is 5.18. The maximum Gasteiger partial charge on any atom is 0.320 e. The van der Waals surface area contributed by atoms with E-state index in [4.69, 9.17) is 9.84 Å². The van der Waals surface area contributed by atoms with E-state index >= 15 is 0 Å². The molecule has 6 heteroatoms. The van der Waals surface area contributed by atoms with Gasteiger partial charge in [-0.2, -0.15) is 0 Å². The zero-order valence-electron chi connectivity index (χ0n) is 12.4. The molecule has 0 saturated heterocycles. The van der Waals surface area contributed by atoms with Crippen LogP contribution in [-0.2, 0) is 32.1 Å². The SMILES string of the molecule is CCOC(=O)C(CC(=O)N1CCc2ccccc2C1)C(=O)O. The number of esters is 1. The third-order valence-electron chi connectivity index (χ3n) is 3.73. The maximum absolute atomic E-state index is 12.3. The molecule has 1 aliphatic rings. The van der Waals surface area contributed by atoms with Crippen LogP contribution in [-0.4, -0.2) is 41.0 Å². The van der Waals surface area contributed by atoms with Crippen molar-refractivity contribution >= 4 is 17.8 Å². The Labute approximate surface area is 128 Å². The molecule has 1 aliphatic heterocycles. The fourth-order valence-corrected chi connectivity index (χ4v) is 2.53. The highest BCUT2D eigenvalue weighted by atomic mass is 16.5. The van der Waals surface area contributed by atoms with Crippen molar-refractivity contribution in [2.24, 2.45) is 5.92 Å². The third-order valence-corrected chi connectivity index (χ3v) is 3.73. The summed E-state index contributed by atoms with van der Waals surface area (Å²) in [4.78, 5) is 36.7. The van der Waals surface area contributed by atoms with Gasteiger partial charge in [0.1, 0.15) is 0 Å². The lowest BCUT2D eigenvalue weighted by Crippen LogP contribution is -2.39. The van der Waals surface area contributed by atoms with Crippen LogP contribution in [0.3, 0.4) is 0 Å². The first-order valence-electron chi connectivity index (χ1n) is 7.27. The molecule has 0 aliphatic carbocycles. The van der Waals surface area contributed by atoms with Gasteiger partial charge in [0.05, 0.1) is 13.0 Å². The standard InChI is InChI=1S/C16H19NO5/c1-2-22-16(21)13(15(19)20)9-14(18)17-8-7-11-5-3-4-6-12(11)10-17/h3-6,13H,2,7-10H2,1H3,(H,19,20). The summed E-state index contributed by atoms with van der Waals surface area (Å²) in [6.45, 7) is 2.67. The number of hydrogen-bond donors (Lipinski definition) is 1. The van der Waals surface area contributed by atoms with E-state index in [9.17, 15) is 14.4 Å². The smallest absolute Gasteiger partial charge is 0.320 e. The van der Waals surface area contributed by atoms with Crippen LogP contribution in [0.4, 0.5) is 0 Å². The number of carboxylic acid groups (broad SMARTS) is 1. The summed E-state index contributed by atoms with van der Waals surface area (Å²) >= 11 is 0. The summed E-state index contributed by atoms with van der Waals surface area (Å²) in [6.07, 6.45) is 0.370. The van der Waals surface area contributed by atoms with Crippen LogP contribution in [0, 0.1) is 5.92 Å². The lowest BCUT2D eigenvalue weighted by molar-refractivity contribution is -0.161. The van der Waals surface area contributed by atoms with Gasteiger partial charge in [-0.1, -0.05) is 24.3 Å². The molecule has 0 fully saturated rings. The largest absolute Gasteiger partial charge is 0.481 e. The van der Waals surface area contributed by atoms with Crippen LogP contribution < -0.4 is 0 Å². The van der Waals surface area contributed by atoms with Crippen molar-refractivity contribution in [3.8, 4) is 0 Å². The van der Waals surface area contributed by atoms with Crippen molar-refractivity contribution in [1.82, 2.24) is 4.90 Å². The van der Waals surface area contributed by atoms with Gasteiger partial charge in [0, 0.05) is 13.1 Å². The minimum Gasteiger partial charge on any atom is -0.481 e. The maximum atomic E-state index is 12.3. The molecule has 0 bridgehead atoms. The minimum atomic E-state index is -1.44. The molecule has 1 unspecified atom stereocenters. The van der Waals surface area contributed by atoms with Crippen molar-refractivity contribution in [3.63, 3.8) is 0 Å². The highest BCUT2D eigenvalue weighted by Gasteiger charge is 2.32. The fraction of sp³-hybridized carbons (Fsp3) is 0.438. The Morgan fingerprint density at radius 1 is 1.27 bits per heavy atom. The first kappa shape index (κ1) is 16.0. The summed E-state index contributed by atoms with van der Waals surface area (Å²) in [6, 6.07) is 7.84. The number of carbonyl (C=O) groups excluding carboxylic acids is 2. The van der Waals surface area contributed by atoms with Gasteiger partial charge < -0.3 is 14.7 Å². The van der Waals surface area contributed by atoms with Crippen LogP contribution in [0.25, 0.3) is 0 Å². The summed E-state index contributed by atoms with van der Waals surface area (Å²) in [5.41, 5.74) is 2.26. The predicted octanol–water partition coefficient (Wildman–Crippen LogP) is 1.23. The first-order valence-corrected chi connectivity index (χ1v) is 7.27. The normalized spacial score (nSPS) is 14.9.